The molecule has 106 valence electrons. The Morgan fingerprint density at radius 1 is 1.30 bits per heavy atom. The molecule has 3 rings (SSSR count). The second-order valence-corrected chi connectivity index (χ2v) is 5.70. The Hall–Kier alpha value is -1.24. The molecule has 1 N–H and O–H groups in total. The summed E-state index contributed by atoms with van der Waals surface area (Å²) < 4.78 is 12.0. The van der Waals surface area contributed by atoms with E-state index in [2.05, 4.69) is 31.4 Å². The van der Waals surface area contributed by atoms with Gasteiger partial charge < -0.3 is 14.5 Å². The largest absolute Gasteiger partial charge is 0.419 e. The third-order valence-corrected chi connectivity index (χ3v) is 4.00. The van der Waals surface area contributed by atoms with Crippen molar-refractivity contribution >= 4 is 15.9 Å². The molecule has 0 aliphatic carbocycles. The van der Waals surface area contributed by atoms with Crippen LogP contribution in [0.25, 0.3) is 11.5 Å². The Morgan fingerprint density at radius 3 is 3.00 bits per heavy atom. The van der Waals surface area contributed by atoms with Crippen LogP contribution in [0.1, 0.15) is 12.3 Å². The molecule has 1 aliphatic heterocycles. The van der Waals surface area contributed by atoms with Gasteiger partial charge in [-0.15, -0.1) is 10.2 Å². The van der Waals surface area contributed by atoms with Crippen molar-refractivity contribution in [2.24, 2.45) is 5.92 Å². The van der Waals surface area contributed by atoms with Crippen LogP contribution in [0.15, 0.2) is 33.2 Å². The number of aromatic nitrogens is 2. The zero-order valence-electron chi connectivity index (χ0n) is 11.0. The molecule has 0 saturated carbocycles. The fourth-order valence-corrected chi connectivity index (χ4v) is 2.65. The first-order valence-electron chi connectivity index (χ1n) is 6.68. The first-order chi connectivity index (χ1) is 9.83. The van der Waals surface area contributed by atoms with Gasteiger partial charge in [-0.1, -0.05) is 12.1 Å². The van der Waals surface area contributed by atoms with Crippen LogP contribution in [0.4, 0.5) is 0 Å². The Labute approximate surface area is 125 Å². The fraction of sp³-hybridized carbons (Fsp3) is 0.429. The van der Waals surface area contributed by atoms with E-state index in [1.165, 1.54) is 0 Å². The highest BCUT2D eigenvalue weighted by molar-refractivity contribution is 9.10. The number of benzene rings is 1. The van der Waals surface area contributed by atoms with Crippen LogP contribution in [0.2, 0.25) is 0 Å². The summed E-state index contributed by atoms with van der Waals surface area (Å²) in [7, 11) is 0. The highest BCUT2D eigenvalue weighted by atomic mass is 79.9. The van der Waals surface area contributed by atoms with E-state index < -0.39 is 0 Å². The van der Waals surface area contributed by atoms with E-state index in [9.17, 15) is 0 Å². The Morgan fingerprint density at radius 2 is 2.20 bits per heavy atom. The number of hydrogen-bond acceptors (Lipinski definition) is 5. The molecular weight excluding hydrogens is 322 g/mol. The van der Waals surface area contributed by atoms with Gasteiger partial charge in [0.15, 0.2) is 0 Å². The number of ether oxygens (including phenoxy) is 1. The first kappa shape index (κ1) is 13.7. The van der Waals surface area contributed by atoms with Gasteiger partial charge in [0.2, 0.25) is 11.8 Å². The van der Waals surface area contributed by atoms with Crippen molar-refractivity contribution in [3.8, 4) is 11.5 Å². The monoisotopic (exact) mass is 337 g/mol. The van der Waals surface area contributed by atoms with Crippen molar-refractivity contribution in [2.75, 3.05) is 19.8 Å². The molecule has 6 heteroatoms. The third-order valence-electron chi connectivity index (χ3n) is 3.30. The highest BCUT2D eigenvalue weighted by Gasteiger charge is 2.16. The number of rotatable bonds is 5. The molecule has 1 fully saturated rings. The normalized spacial score (nSPS) is 18.6. The minimum absolute atomic E-state index is 0.540. The summed E-state index contributed by atoms with van der Waals surface area (Å²) >= 11 is 3.48. The van der Waals surface area contributed by atoms with Crippen molar-refractivity contribution in [1.82, 2.24) is 15.5 Å². The summed E-state index contributed by atoms with van der Waals surface area (Å²) in [5.74, 6) is 1.74. The minimum atomic E-state index is 0.540. The number of nitrogens with one attached hydrogen (secondary N) is 1. The Balaban J connectivity index is 1.58. The van der Waals surface area contributed by atoms with Crippen LogP contribution in [0.3, 0.4) is 0 Å². The van der Waals surface area contributed by atoms with E-state index in [0.29, 0.717) is 24.2 Å². The predicted octanol–water partition coefficient (Wildman–Crippen LogP) is 2.63. The van der Waals surface area contributed by atoms with Gasteiger partial charge in [-0.2, -0.15) is 0 Å². The standard InChI is InChI=1S/C14H16BrN3O2/c15-12-4-2-1-3-11(12)14-18-17-13(20-14)8-16-7-10-5-6-19-9-10/h1-4,10,16H,5-9H2. The smallest absolute Gasteiger partial charge is 0.248 e. The van der Waals surface area contributed by atoms with E-state index in [4.69, 9.17) is 9.15 Å². The Kier molecular flexibility index (Phi) is 4.44. The van der Waals surface area contributed by atoms with E-state index >= 15 is 0 Å². The summed E-state index contributed by atoms with van der Waals surface area (Å²) in [5, 5.41) is 11.5. The lowest BCUT2D eigenvalue weighted by Crippen LogP contribution is -2.22. The van der Waals surface area contributed by atoms with Gasteiger partial charge in [-0.05, 0) is 40.4 Å². The SMILES string of the molecule is Brc1ccccc1-c1nnc(CNCC2CCOC2)o1. The van der Waals surface area contributed by atoms with Crippen LogP contribution >= 0.6 is 15.9 Å². The van der Waals surface area contributed by atoms with Gasteiger partial charge in [0.25, 0.3) is 0 Å². The van der Waals surface area contributed by atoms with Gasteiger partial charge >= 0.3 is 0 Å². The summed E-state index contributed by atoms with van der Waals surface area (Å²) in [6.45, 7) is 3.23. The Bertz CT molecular complexity index is 567. The lowest BCUT2D eigenvalue weighted by Gasteiger charge is -2.06. The lowest BCUT2D eigenvalue weighted by molar-refractivity contribution is 0.185. The van der Waals surface area contributed by atoms with Crippen molar-refractivity contribution in [1.29, 1.82) is 0 Å². The molecule has 20 heavy (non-hydrogen) atoms. The maximum Gasteiger partial charge on any atom is 0.248 e. The molecular formula is C14H16BrN3O2. The molecule has 0 amide bonds. The molecule has 1 atom stereocenters. The second kappa shape index (κ2) is 6.47. The quantitative estimate of drug-likeness (QED) is 0.908. The summed E-state index contributed by atoms with van der Waals surface area (Å²) in [5.41, 5.74) is 0.912. The van der Waals surface area contributed by atoms with E-state index in [-0.39, 0.29) is 0 Å². The second-order valence-electron chi connectivity index (χ2n) is 4.84. The molecule has 0 radical (unpaired) electrons. The summed E-state index contributed by atoms with van der Waals surface area (Å²) in [6, 6.07) is 7.81. The van der Waals surface area contributed by atoms with Crippen LogP contribution in [0.5, 0.6) is 0 Å². The van der Waals surface area contributed by atoms with Crippen molar-refractivity contribution in [2.45, 2.75) is 13.0 Å². The van der Waals surface area contributed by atoms with Crippen LogP contribution in [-0.4, -0.2) is 30.0 Å². The first-order valence-corrected chi connectivity index (χ1v) is 7.48. The molecule has 0 bridgehead atoms. The molecule has 2 heterocycles. The third kappa shape index (κ3) is 3.26. The zero-order chi connectivity index (χ0) is 13.8. The molecule has 2 aromatic rings. The van der Waals surface area contributed by atoms with Gasteiger partial charge in [-0.25, -0.2) is 0 Å². The number of nitrogens with zero attached hydrogens (tertiary/aromatic N) is 2. The van der Waals surface area contributed by atoms with Crippen molar-refractivity contribution < 1.29 is 9.15 Å². The number of halogens is 1. The van der Waals surface area contributed by atoms with E-state index in [1.54, 1.807) is 0 Å². The van der Waals surface area contributed by atoms with E-state index in [1.807, 2.05) is 24.3 Å². The van der Waals surface area contributed by atoms with Crippen LogP contribution in [0, 0.1) is 5.92 Å². The lowest BCUT2D eigenvalue weighted by atomic mass is 10.1. The van der Waals surface area contributed by atoms with Crippen molar-refractivity contribution in [3.05, 3.63) is 34.6 Å². The minimum Gasteiger partial charge on any atom is -0.419 e. The van der Waals surface area contributed by atoms with E-state index in [0.717, 1.165) is 36.2 Å². The van der Waals surface area contributed by atoms with Gasteiger partial charge in [0, 0.05) is 17.6 Å². The van der Waals surface area contributed by atoms with Crippen molar-refractivity contribution in [3.63, 3.8) is 0 Å². The van der Waals surface area contributed by atoms with Crippen LogP contribution < -0.4 is 5.32 Å². The molecule has 1 unspecified atom stereocenters. The fourth-order valence-electron chi connectivity index (χ4n) is 2.20. The maximum absolute atomic E-state index is 5.67. The van der Waals surface area contributed by atoms with Gasteiger partial charge in [0.1, 0.15) is 0 Å². The van der Waals surface area contributed by atoms with Gasteiger partial charge in [0.05, 0.1) is 18.7 Å². The number of hydrogen-bond donors (Lipinski definition) is 1. The summed E-state index contributed by atoms with van der Waals surface area (Å²) in [6.07, 6.45) is 1.12. The molecule has 0 spiro atoms. The van der Waals surface area contributed by atoms with Crippen LogP contribution in [-0.2, 0) is 11.3 Å². The molecule has 5 nitrogen and oxygen atoms in total. The zero-order valence-corrected chi connectivity index (χ0v) is 12.6. The molecule has 1 aromatic carbocycles. The molecule has 1 aliphatic rings. The molecule has 1 saturated heterocycles. The average molecular weight is 338 g/mol. The highest BCUT2D eigenvalue weighted by Crippen LogP contribution is 2.26. The average Bonchev–Trinajstić information content (AvgIpc) is 3.11. The maximum atomic E-state index is 5.67. The summed E-state index contributed by atoms with van der Waals surface area (Å²) in [4.78, 5) is 0. The molecule has 1 aromatic heterocycles. The van der Waals surface area contributed by atoms with Gasteiger partial charge in [-0.3, -0.25) is 0 Å². The topological polar surface area (TPSA) is 60.2 Å². The predicted molar refractivity (Wildman–Crippen MR) is 78.1 cm³/mol.